The third kappa shape index (κ3) is 3.24. The Bertz CT molecular complexity index is 617. The van der Waals surface area contributed by atoms with Crippen molar-refractivity contribution in [1.29, 1.82) is 0 Å². The summed E-state index contributed by atoms with van der Waals surface area (Å²) >= 11 is 0. The van der Waals surface area contributed by atoms with E-state index in [-0.39, 0.29) is 5.97 Å². The smallest absolute Gasteiger partial charge is 0.334 e. The molecule has 0 aliphatic rings. The fourth-order valence-corrected chi connectivity index (χ4v) is 1.88. The lowest BCUT2D eigenvalue weighted by Gasteiger charge is -2.04. The largest absolute Gasteiger partial charge is 0.361 e. The fourth-order valence-electron chi connectivity index (χ4n) is 1.88. The number of benzene rings is 1. The molecule has 1 aromatic carbocycles. The van der Waals surface area contributed by atoms with Crippen molar-refractivity contribution in [2.45, 2.75) is 27.0 Å². The van der Waals surface area contributed by atoms with Crippen LogP contribution in [0, 0.1) is 0 Å². The van der Waals surface area contributed by atoms with Crippen molar-refractivity contribution >= 4 is 23.1 Å². The monoisotopic (exact) mass is 274 g/mol. The van der Waals surface area contributed by atoms with Crippen molar-refractivity contribution in [2.75, 3.05) is 6.61 Å². The van der Waals surface area contributed by atoms with E-state index < -0.39 is 0 Å². The van der Waals surface area contributed by atoms with Crippen LogP contribution in [0.2, 0.25) is 0 Å². The van der Waals surface area contributed by atoms with Crippen molar-refractivity contribution in [1.82, 2.24) is 4.57 Å². The summed E-state index contributed by atoms with van der Waals surface area (Å²) in [6.45, 7) is 4.83. The van der Waals surface area contributed by atoms with Gasteiger partial charge < -0.3 is 14.1 Å². The quantitative estimate of drug-likeness (QED) is 0.462. The molecule has 1 aromatic heterocycles. The van der Waals surface area contributed by atoms with Gasteiger partial charge in [0.2, 0.25) is 0 Å². The molecule has 0 bridgehead atoms. The first-order valence-corrected chi connectivity index (χ1v) is 6.65. The van der Waals surface area contributed by atoms with Crippen molar-refractivity contribution in [2.24, 2.45) is 5.16 Å². The number of hydrogen-bond donors (Lipinski definition) is 0. The van der Waals surface area contributed by atoms with Crippen molar-refractivity contribution in [3.63, 3.8) is 0 Å². The van der Waals surface area contributed by atoms with E-state index in [9.17, 15) is 4.79 Å². The zero-order chi connectivity index (χ0) is 14.4. The molecule has 0 atom stereocenters. The van der Waals surface area contributed by atoms with Gasteiger partial charge in [0.15, 0.2) is 0 Å². The van der Waals surface area contributed by atoms with E-state index in [0.717, 1.165) is 16.5 Å². The van der Waals surface area contributed by atoms with Crippen LogP contribution in [0.5, 0.6) is 0 Å². The van der Waals surface area contributed by atoms with Gasteiger partial charge in [-0.1, -0.05) is 30.3 Å². The lowest BCUT2D eigenvalue weighted by atomic mass is 10.2. The lowest BCUT2D eigenvalue weighted by Crippen LogP contribution is -2.00. The molecule has 0 aliphatic carbocycles. The second-order valence-corrected chi connectivity index (χ2v) is 4.24. The van der Waals surface area contributed by atoms with E-state index in [0.29, 0.717) is 19.8 Å². The van der Waals surface area contributed by atoms with E-state index in [1.807, 2.05) is 42.0 Å². The molecule has 0 spiro atoms. The first-order chi connectivity index (χ1) is 9.76. The molecule has 5 heteroatoms. The highest BCUT2D eigenvalue weighted by atomic mass is 16.7. The summed E-state index contributed by atoms with van der Waals surface area (Å²) in [6.07, 6.45) is 3.80. The molecule has 0 fully saturated rings. The average molecular weight is 274 g/mol. The zero-order valence-electron chi connectivity index (χ0n) is 11.7. The Morgan fingerprint density at radius 2 is 2.15 bits per heavy atom. The Morgan fingerprint density at radius 3 is 2.90 bits per heavy atom. The molecule has 0 saturated heterocycles. The first-order valence-electron chi connectivity index (χ1n) is 6.65. The minimum Gasteiger partial charge on any atom is -0.361 e. The maximum atomic E-state index is 11.1. The van der Waals surface area contributed by atoms with Crippen LogP contribution in [-0.4, -0.2) is 23.4 Å². The predicted molar refractivity (Wildman–Crippen MR) is 77.5 cm³/mol. The van der Waals surface area contributed by atoms with Crippen molar-refractivity contribution in [3.05, 3.63) is 36.0 Å². The first kappa shape index (κ1) is 14.3. The third-order valence-electron chi connectivity index (χ3n) is 2.89. The fraction of sp³-hybridized carbons (Fsp3) is 0.333. The van der Waals surface area contributed by atoms with Gasteiger partial charge in [-0.3, -0.25) is 0 Å². The number of fused-ring (bicyclic) bond motifs is 1. The molecule has 0 N–H and O–H groups in total. The topological polar surface area (TPSA) is 52.8 Å². The summed E-state index contributed by atoms with van der Waals surface area (Å²) in [5.41, 5.74) is 1.95. The number of oxime groups is 1. The molecule has 0 unspecified atom stereocenters. The standard InChI is InChI=1S/C15H18N2O3/c1-3-15(18)20-16-9-12-10-17(11-19-4-2)14-8-6-5-7-13(12)14/h5-10H,3-4,11H2,1-2H3/b16-9+. The number of ether oxygens (including phenoxy) is 1. The van der Waals surface area contributed by atoms with Crippen molar-refractivity contribution in [3.8, 4) is 0 Å². The molecule has 20 heavy (non-hydrogen) atoms. The maximum absolute atomic E-state index is 11.1. The lowest BCUT2D eigenvalue weighted by molar-refractivity contribution is -0.143. The summed E-state index contributed by atoms with van der Waals surface area (Å²) in [4.78, 5) is 15.8. The highest BCUT2D eigenvalue weighted by Gasteiger charge is 2.06. The Kier molecular flexibility index (Phi) is 4.90. The van der Waals surface area contributed by atoms with Gasteiger partial charge in [-0.25, -0.2) is 4.79 Å². The maximum Gasteiger partial charge on any atom is 0.334 e. The van der Waals surface area contributed by atoms with Crippen LogP contribution in [0.15, 0.2) is 35.6 Å². The predicted octanol–water partition coefficient (Wildman–Crippen LogP) is 2.92. The number of carbonyl (C=O) groups excluding carboxylic acids is 1. The number of carbonyl (C=O) groups is 1. The summed E-state index contributed by atoms with van der Waals surface area (Å²) in [7, 11) is 0. The van der Waals surface area contributed by atoms with Gasteiger partial charge in [0, 0.05) is 30.2 Å². The van der Waals surface area contributed by atoms with Gasteiger partial charge in [0.05, 0.1) is 11.7 Å². The Hall–Kier alpha value is -2.14. The number of nitrogens with zero attached hydrogens (tertiary/aromatic N) is 2. The molecule has 1 heterocycles. The van der Waals surface area contributed by atoms with Gasteiger partial charge in [0.1, 0.15) is 6.73 Å². The molecule has 0 amide bonds. The summed E-state index contributed by atoms with van der Waals surface area (Å²) in [5, 5.41) is 4.77. The number of para-hydroxylation sites is 1. The second kappa shape index (κ2) is 6.86. The molecule has 0 saturated carbocycles. The van der Waals surface area contributed by atoms with Crippen LogP contribution < -0.4 is 0 Å². The molecule has 5 nitrogen and oxygen atoms in total. The van der Waals surface area contributed by atoms with E-state index in [1.54, 1.807) is 13.1 Å². The van der Waals surface area contributed by atoms with Gasteiger partial charge in [0.25, 0.3) is 0 Å². The van der Waals surface area contributed by atoms with E-state index in [2.05, 4.69) is 5.16 Å². The summed E-state index contributed by atoms with van der Waals surface area (Å²) in [6, 6.07) is 7.95. The highest BCUT2D eigenvalue weighted by molar-refractivity contribution is 5.99. The number of rotatable bonds is 6. The summed E-state index contributed by atoms with van der Waals surface area (Å²) in [5.74, 6) is -0.348. The molecule has 2 aromatic rings. The normalized spacial score (nSPS) is 11.3. The minimum atomic E-state index is -0.348. The molecule has 0 aliphatic heterocycles. The Balaban J connectivity index is 2.26. The van der Waals surface area contributed by atoms with Gasteiger partial charge in [-0.05, 0) is 13.0 Å². The number of aromatic nitrogens is 1. The SMILES string of the molecule is CCOCn1cc(/C=N/OC(=O)CC)c2ccccc21. The summed E-state index contributed by atoms with van der Waals surface area (Å²) < 4.78 is 7.44. The molecule has 106 valence electrons. The van der Waals surface area contributed by atoms with Crippen LogP contribution in [0.4, 0.5) is 0 Å². The van der Waals surface area contributed by atoms with Crippen LogP contribution in [-0.2, 0) is 21.1 Å². The zero-order valence-corrected chi connectivity index (χ0v) is 11.7. The molecular weight excluding hydrogens is 256 g/mol. The highest BCUT2D eigenvalue weighted by Crippen LogP contribution is 2.20. The van der Waals surface area contributed by atoms with Gasteiger partial charge >= 0.3 is 5.97 Å². The van der Waals surface area contributed by atoms with Crippen LogP contribution in [0.1, 0.15) is 25.8 Å². The van der Waals surface area contributed by atoms with E-state index >= 15 is 0 Å². The average Bonchev–Trinajstić information content (AvgIpc) is 2.83. The molecule has 0 radical (unpaired) electrons. The Morgan fingerprint density at radius 1 is 1.35 bits per heavy atom. The van der Waals surface area contributed by atoms with E-state index in [4.69, 9.17) is 9.57 Å². The van der Waals surface area contributed by atoms with Gasteiger partial charge in [-0.2, -0.15) is 0 Å². The minimum absolute atomic E-state index is 0.309. The molecule has 2 rings (SSSR count). The number of hydrogen-bond acceptors (Lipinski definition) is 4. The van der Waals surface area contributed by atoms with Crippen LogP contribution in [0.25, 0.3) is 10.9 Å². The third-order valence-corrected chi connectivity index (χ3v) is 2.89. The molecular formula is C15H18N2O3. The van der Waals surface area contributed by atoms with Crippen LogP contribution in [0.3, 0.4) is 0 Å². The second-order valence-electron chi connectivity index (χ2n) is 4.24. The Labute approximate surface area is 117 Å². The van der Waals surface area contributed by atoms with E-state index in [1.165, 1.54) is 0 Å². The van der Waals surface area contributed by atoms with Gasteiger partial charge in [-0.15, -0.1) is 0 Å². The van der Waals surface area contributed by atoms with Crippen LogP contribution >= 0.6 is 0 Å². The van der Waals surface area contributed by atoms with Crippen molar-refractivity contribution < 1.29 is 14.4 Å².